The van der Waals surface area contributed by atoms with Crippen LogP contribution < -0.4 is 0 Å². The number of carbonyl (C=O) groups is 5. The second kappa shape index (κ2) is 38.0. The van der Waals surface area contributed by atoms with E-state index in [0.29, 0.717) is 106 Å². The second-order valence-electron chi connectivity index (χ2n) is 27.7. The van der Waals surface area contributed by atoms with Gasteiger partial charge in [0.25, 0.3) is 0 Å². The van der Waals surface area contributed by atoms with Gasteiger partial charge in [0.2, 0.25) is 11.7 Å². The number of aryl methyl sites for hydroxylation is 2. The van der Waals surface area contributed by atoms with Crippen molar-refractivity contribution in [2.75, 3.05) is 0 Å². The first kappa shape index (κ1) is 86.2. The van der Waals surface area contributed by atoms with Crippen molar-refractivity contribution in [3.05, 3.63) is 346 Å². The number of carboxylic acid groups (broad SMARTS) is 5. The van der Waals surface area contributed by atoms with Crippen LogP contribution in [-0.4, -0.2) is 130 Å². The van der Waals surface area contributed by atoms with Gasteiger partial charge in [-0.25, -0.2) is 68.5 Å². The van der Waals surface area contributed by atoms with Crippen molar-refractivity contribution in [2.24, 2.45) is 0 Å². The molecule has 127 heavy (non-hydrogen) atoms. The average Bonchev–Trinajstić information content (AvgIpc) is 1.78. The Hall–Kier alpha value is -14.3. The number of halogens is 5. The minimum absolute atomic E-state index is 0.136. The molecule has 33 heteroatoms. The third-order valence-corrected chi connectivity index (χ3v) is 23.6. The Bertz CT molecular complexity index is 7040. The summed E-state index contributed by atoms with van der Waals surface area (Å²) < 4.78 is 16.0. The van der Waals surface area contributed by atoms with Crippen molar-refractivity contribution in [1.29, 1.82) is 0 Å². The normalized spacial score (nSPS) is 11.0. The molecule has 0 saturated heterocycles. The predicted molar refractivity (Wildman–Crippen MR) is 504 cm³/mol. The number of rotatable bonds is 15. The van der Waals surface area contributed by atoms with E-state index in [0.717, 1.165) is 76.6 Å². The van der Waals surface area contributed by atoms with Gasteiger partial charge in [0.1, 0.15) is 34.1 Å². The van der Waals surface area contributed by atoms with Gasteiger partial charge in [-0.1, -0.05) is 195 Å². The molecule has 20 aromatic rings. The topological polar surface area (TPSA) is 377 Å². The first-order chi connectivity index (χ1) is 61.4. The highest BCUT2D eigenvalue weighted by Crippen LogP contribution is 2.39. The van der Waals surface area contributed by atoms with E-state index in [4.69, 9.17) is 9.40 Å². The van der Waals surface area contributed by atoms with Gasteiger partial charge >= 0.3 is 29.8 Å². The third kappa shape index (κ3) is 19.6. The Morgan fingerprint density at radius 1 is 0.362 bits per heavy atom. The molecule has 0 aliphatic carbocycles. The molecule has 0 atom stereocenters. The number of hydrogen-bond acceptors (Lipinski definition) is 21. The predicted octanol–water partition coefficient (Wildman–Crippen LogP) is 23.9. The Kier molecular flexibility index (Phi) is 25.8. The van der Waals surface area contributed by atoms with Gasteiger partial charge in [-0.15, -0.1) is 31.4 Å². The molecule has 0 unspecified atom stereocenters. The quantitative estimate of drug-likeness (QED) is 0.0636. The summed E-state index contributed by atoms with van der Waals surface area (Å²) in [6.07, 6.45) is 1.58. The fraction of sp³-hybridized carbons (Fsp3) is 0.0213. The summed E-state index contributed by atoms with van der Waals surface area (Å²) >= 11 is 19.7. The molecule has 0 saturated carbocycles. The van der Waals surface area contributed by atoms with Gasteiger partial charge in [0.05, 0.1) is 94.4 Å². The summed E-state index contributed by atoms with van der Waals surface area (Å²) in [6, 6.07) is 84.7. The van der Waals surface area contributed by atoms with Crippen LogP contribution in [0.25, 0.3) is 156 Å². The number of aromatic nitrogens is 15. The maximum absolute atomic E-state index is 11.8. The van der Waals surface area contributed by atoms with E-state index < -0.39 is 29.8 Å². The standard InChI is InChI=1S/C20H13BrN2O3.C20H13BrN2O2S.C19H11BrN2O2S.C18H11BrN4O2.C17H10BrN5O2/c1-11-18(26-19(22-11)12-5-3-2-4-6-12)17-10-15(20(24)25)14-9-13(21)7-8-16(14)23-17;1-11-18(23-19(26-11)12-5-3-2-4-6-12)17-10-15(20(24)25)14-9-13(21)7-8-16(14)22-17;20-12-6-7-15-13(8-12)14(19(23)24)9-17(21-15)18-10-16(22-25-18)11-4-2-1-3-5-11;19-11-6-7-15-13(8-11)14(18(24)25)9-16(21-15)17-20-10-23(22-17)12-4-2-1-3-5-12;18-10-6-7-14-12(8-10)13(17(24)25)9-15(19-14)16-20-22-23(21-16)11-4-2-1-3-5-11/h2*2-10H,1H3,(H,24,25);1-10H,(H,23,24);1-10H,(H,24,25);1-9H,(H,24,25). The van der Waals surface area contributed by atoms with E-state index >= 15 is 0 Å². The number of hydrogen-bond donors (Lipinski definition) is 5. The minimum Gasteiger partial charge on any atom is -0.478 e. The molecule has 5 N–H and O–H groups in total. The van der Waals surface area contributed by atoms with E-state index in [1.807, 2.05) is 208 Å². The highest BCUT2D eigenvalue weighted by Gasteiger charge is 2.24. The van der Waals surface area contributed by atoms with Crippen LogP contribution in [0, 0.1) is 13.8 Å². The van der Waals surface area contributed by atoms with Crippen molar-refractivity contribution < 1.29 is 53.9 Å². The van der Waals surface area contributed by atoms with Gasteiger partial charge < -0.3 is 29.9 Å². The lowest BCUT2D eigenvalue weighted by atomic mass is 10.1. The zero-order chi connectivity index (χ0) is 88.7. The lowest BCUT2D eigenvalue weighted by Gasteiger charge is -2.06. The van der Waals surface area contributed by atoms with Gasteiger partial charge in [0, 0.05) is 70.9 Å². The van der Waals surface area contributed by atoms with E-state index in [-0.39, 0.29) is 33.6 Å². The Balaban J connectivity index is 0.000000117. The van der Waals surface area contributed by atoms with Crippen molar-refractivity contribution in [1.82, 2.24) is 74.2 Å². The van der Waals surface area contributed by atoms with Crippen LogP contribution in [0.1, 0.15) is 62.4 Å². The van der Waals surface area contributed by atoms with Crippen LogP contribution in [0.15, 0.2) is 312 Å². The van der Waals surface area contributed by atoms with Crippen molar-refractivity contribution in [2.45, 2.75) is 13.8 Å². The number of nitrogens with zero attached hydrogens (tertiary/aromatic N) is 15. The minimum atomic E-state index is -1.04. The molecule has 26 nitrogen and oxygen atoms in total. The molecule has 0 amide bonds. The number of carboxylic acids is 5. The number of aromatic carboxylic acids is 5. The second-order valence-corrected chi connectivity index (χ2v) is 34.3. The monoisotopic (exact) mass is 2030 g/mol. The Morgan fingerprint density at radius 3 is 1.20 bits per heavy atom. The third-order valence-electron chi connectivity index (χ3n) is 19.3. The molecule has 0 aliphatic rings. The molecular formula is C94H58Br5N15O11S2. The lowest BCUT2D eigenvalue weighted by molar-refractivity contribution is 0.0688. The number of fused-ring (bicyclic) bond motifs is 5. The van der Waals surface area contributed by atoms with E-state index in [9.17, 15) is 49.5 Å². The van der Waals surface area contributed by atoms with Gasteiger partial charge in [-0.3, -0.25) is 0 Å². The number of pyridine rings is 5. The summed E-state index contributed by atoms with van der Waals surface area (Å²) in [7, 11) is 0. The SMILES string of the molecule is Cc1nc(-c2ccccc2)oc1-c1cc(C(=O)O)c2cc(Br)ccc2n1.Cc1sc(-c2ccccc2)nc1-c1cc(C(=O)O)c2cc(Br)ccc2n1.O=C(O)c1cc(-c2cc(-c3ccccc3)ns2)nc2ccc(Br)cc12.O=C(O)c1cc(-c2ncn(-c3ccccc3)n2)nc2ccc(Br)cc12.O=C(O)c1cc(-c2nnn(-c3ccccc3)n2)nc2ccc(Br)cc12. The summed E-state index contributed by atoms with van der Waals surface area (Å²) in [6.45, 7) is 3.80. The zero-order valence-electron chi connectivity index (χ0n) is 65.7. The van der Waals surface area contributed by atoms with E-state index in [2.05, 4.69) is 139 Å². The molecule has 10 heterocycles. The highest BCUT2D eigenvalue weighted by atomic mass is 79.9. The highest BCUT2D eigenvalue weighted by molar-refractivity contribution is 9.11. The van der Waals surface area contributed by atoms with Crippen molar-refractivity contribution >= 4 is 187 Å². The number of thiazole rings is 1. The van der Waals surface area contributed by atoms with Gasteiger partial charge in [0.15, 0.2) is 11.6 Å². The van der Waals surface area contributed by atoms with E-state index in [1.54, 1.807) is 89.1 Å². The summed E-state index contributed by atoms with van der Waals surface area (Å²) in [5, 5.41) is 68.4. The summed E-state index contributed by atoms with van der Waals surface area (Å²) in [5.74, 6) is -3.45. The van der Waals surface area contributed by atoms with Crippen molar-refractivity contribution in [3.8, 4) is 101 Å². The molecular weight excluding hydrogens is 1980 g/mol. The average molecular weight is 2040 g/mol. The summed E-state index contributed by atoms with van der Waals surface area (Å²) in [4.78, 5) is 98.0. The fourth-order valence-corrected chi connectivity index (χ4v) is 16.8. The number of tetrazole rings is 1. The number of oxazole rings is 1. The zero-order valence-corrected chi connectivity index (χ0v) is 75.3. The maximum Gasteiger partial charge on any atom is 0.336 e. The molecule has 0 spiro atoms. The van der Waals surface area contributed by atoms with Crippen LogP contribution in [0.3, 0.4) is 0 Å². The number of benzene rings is 10. The van der Waals surface area contributed by atoms with Crippen LogP contribution in [-0.2, 0) is 0 Å². The first-order valence-corrected chi connectivity index (χ1v) is 43.6. The molecule has 622 valence electrons. The molecule has 0 radical (unpaired) electrons. The molecule has 20 rings (SSSR count). The van der Waals surface area contributed by atoms with Crippen molar-refractivity contribution in [3.63, 3.8) is 0 Å². The Morgan fingerprint density at radius 2 is 0.740 bits per heavy atom. The first-order valence-electron chi connectivity index (χ1n) is 38.0. The van der Waals surface area contributed by atoms with Gasteiger partial charge in [-0.2, -0.15) is 4.37 Å². The smallest absolute Gasteiger partial charge is 0.336 e. The van der Waals surface area contributed by atoms with E-state index in [1.165, 1.54) is 34.5 Å². The van der Waals surface area contributed by atoms with Crippen LogP contribution in [0.5, 0.6) is 0 Å². The lowest BCUT2D eigenvalue weighted by Crippen LogP contribution is -2.01. The molecule has 0 aliphatic heterocycles. The number of para-hydroxylation sites is 2. The largest absolute Gasteiger partial charge is 0.478 e. The van der Waals surface area contributed by atoms with Crippen LogP contribution >= 0.6 is 103 Å². The molecule has 10 aromatic carbocycles. The van der Waals surface area contributed by atoms with Gasteiger partial charge in [-0.05, 0) is 194 Å². The maximum atomic E-state index is 11.8. The van der Waals surface area contributed by atoms with Crippen LogP contribution in [0.4, 0.5) is 0 Å². The van der Waals surface area contributed by atoms with Crippen LogP contribution in [0.2, 0.25) is 0 Å². The summed E-state index contributed by atoms with van der Waals surface area (Å²) in [5.41, 5.74) is 13.1. The molecule has 10 aromatic heterocycles. The molecule has 0 bridgehead atoms. The molecule has 0 fully saturated rings. The Labute approximate surface area is 769 Å². The fourth-order valence-electron chi connectivity index (χ4n) is 13.4.